The minimum Gasteiger partial charge on any atom is -0.493 e. The van der Waals surface area contributed by atoms with Crippen molar-refractivity contribution in [3.05, 3.63) is 75.9 Å². The maximum atomic E-state index is 11.6. The minimum atomic E-state index is -1.08. The molecule has 0 bridgehead atoms. The maximum absolute atomic E-state index is 11.6. The molecule has 0 radical (unpaired) electrons. The van der Waals surface area contributed by atoms with Gasteiger partial charge < -0.3 is 14.6 Å². The first-order valence-corrected chi connectivity index (χ1v) is 9.28. The van der Waals surface area contributed by atoms with E-state index in [0.29, 0.717) is 45.1 Å². The number of carboxylic acids is 1. The first-order chi connectivity index (χ1) is 13.5. The Morgan fingerprint density at radius 1 is 1.04 bits per heavy atom. The summed E-state index contributed by atoms with van der Waals surface area (Å²) in [4.78, 5) is 16.1. The van der Waals surface area contributed by atoms with E-state index in [2.05, 4.69) is 4.98 Å². The molecule has 0 fully saturated rings. The summed E-state index contributed by atoms with van der Waals surface area (Å²) in [6, 6.07) is 15.2. The van der Waals surface area contributed by atoms with Crippen LogP contribution in [0.3, 0.4) is 0 Å². The van der Waals surface area contributed by atoms with Crippen LogP contribution in [0.25, 0.3) is 11.3 Å². The van der Waals surface area contributed by atoms with Gasteiger partial charge in [-0.05, 0) is 55.5 Å². The molecule has 3 aromatic rings. The van der Waals surface area contributed by atoms with Crippen molar-refractivity contribution in [3.8, 4) is 22.8 Å². The number of benzene rings is 2. The molecule has 0 aliphatic heterocycles. The first-order valence-electron chi connectivity index (χ1n) is 8.52. The van der Waals surface area contributed by atoms with E-state index in [1.54, 1.807) is 48.5 Å². The number of aromatic nitrogens is 1. The highest BCUT2D eigenvalue weighted by molar-refractivity contribution is 6.31. The van der Waals surface area contributed by atoms with Gasteiger partial charge in [0.2, 0.25) is 0 Å². The third kappa shape index (κ3) is 4.74. The zero-order valence-electron chi connectivity index (χ0n) is 15.0. The molecule has 144 valence electrons. The Morgan fingerprint density at radius 2 is 1.82 bits per heavy atom. The van der Waals surface area contributed by atoms with Gasteiger partial charge in [0, 0.05) is 15.6 Å². The van der Waals surface area contributed by atoms with Crippen molar-refractivity contribution in [1.82, 2.24) is 4.98 Å². The number of aromatic carboxylic acids is 1. The molecule has 2 aromatic carbocycles. The second kappa shape index (κ2) is 8.95. The summed E-state index contributed by atoms with van der Waals surface area (Å²) in [5.74, 6) is 0.0229. The van der Waals surface area contributed by atoms with E-state index in [1.165, 1.54) is 6.07 Å². The number of halogens is 2. The topological polar surface area (TPSA) is 68.7 Å². The van der Waals surface area contributed by atoms with Crippen LogP contribution in [0.15, 0.2) is 54.6 Å². The predicted octanol–water partition coefficient (Wildman–Crippen LogP) is 5.73. The highest BCUT2D eigenvalue weighted by atomic mass is 35.5. The second-order valence-corrected chi connectivity index (χ2v) is 6.69. The zero-order valence-corrected chi connectivity index (χ0v) is 16.5. The first kappa shape index (κ1) is 20.0. The number of carbonyl (C=O) groups is 1. The smallest absolute Gasteiger partial charge is 0.337 e. The number of rotatable bonds is 7. The molecule has 0 amide bonds. The van der Waals surface area contributed by atoms with Crippen LogP contribution < -0.4 is 9.47 Å². The van der Waals surface area contributed by atoms with Gasteiger partial charge in [0.15, 0.2) is 0 Å². The summed E-state index contributed by atoms with van der Waals surface area (Å²) in [7, 11) is 0. The zero-order chi connectivity index (χ0) is 20.1. The molecule has 1 aromatic heterocycles. The molecule has 1 N–H and O–H groups in total. The molecule has 7 heteroatoms. The van der Waals surface area contributed by atoms with Crippen LogP contribution in [-0.2, 0) is 6.61 Å². The molecule has 0 aliphatic carbocycles. The van der Waals surface area contributed by atoms with Crippen LogP contribution >= 0.6 is 23.2 Å². The normalized spacial score (nSPS) is 10.5. The fraction of sp³-hybridized carbons (Fsp3) is 0.143. The van der Waals surface area contributed by atoms with Crippen LogP contribution in [0.4, 0.5) is 0 Å². The molecular formula is C21H17Cl2NO4. The molecule has 0 saturated heterocycles. The molecule has 0 unspecified atom stereocenters. The summed E-state index contributed by atoms with van der Waals surface area (Å²) >= 11 is 12.0. The average Bonchev–Trinajstić information content (AvgIpc) is 2.66. The molecular weight excluding hydrogens is 401 g/mol. The van der Waals surface area contributed by atoms with E-state index in [9.17, 15) is 9.90 Å². The predicted molar refractivity (Wildman–Crippen MR) is 109 cm³/mol. The maximum Gasteiger partial charge on any atom is 0.337 e. The molecule has 5 nitrogen and oxygen atoms in total. The van der Waals surface area contributed by atoms with Crippen molar-refractivity contribution in [2.75, 3.05) is 6.61 Å². The lowest BCUT2D eigenvalue weighted by atomic mass is 10.1. The summed E-state index contributed by atoms with van der Waals surface area (Å²) in [5.41, 5.74) is 1.64. The summed E-state index contributed by atoms with van der Waals surface area (Å²) in [6.45, 7) is 2.31. The Balaban J connectivity index is 1.97. The Labute approximate surface area is 172 Å². The van der Waals surface area contributed by atoms with Crippen LogP contribution in [-0.4, -0.2) is 22.7 Å². The van der Waals surface area contributed by atoms with Crippen molar-refractivity contribution >= 4 is 29.2 Å². The molecule has 0 saturated carbocycles. The van der Waals surface area contributed by atoms with E-state index in [-0.39, 0.29) is 12.2 Å². The second-order valence-electron chi connectivity index (χ2n) is 5.82. The van der Waals surface area contributed by atoms with Crippen LogP contribution in [0.2, 0.25) is 10.0 Å². The Kier molecular flexibility index (Phi) is 6.39. The van der Waals surface area contributed by atoms with Crippen molar-refractivity contribution in [2.24, 2.45) is 0 Å². The van der Waals surface area contributed by atoms with Gasteiger partial charge >= 0.3 is 5.97 Å². The van der Waals surface area contributed by atoms with Crippen molar-refractivity contribution < 1.29 is 19.4 Å². The molecule has 28 heavy (non-hydrogen) atoms. The van der Waals surface area contributed by atoms with Gasteiger partial charge in [-0.3, -0.25) is 0 Å². The fourth-order valence-electron chi connectivity index (χ4n) is 2.65. The van der Waals surface area contributed by atoms with E-state index in [0.717, 1.165) is 0 Å². The largest absolute Gasteiger partial charge is 0.493 e. The highest BCUT2D eigenvalue weighted by Crippen LogP contribution is 2.32. The van der Waals surface area contributed by atoms with Crippen LogP contribution in [0, 0.1) is 0 Å². The van der Waals surface area contributed by atoms with Gasteiger partial charge in [-0.25, -0.2) is 9.78 Å². The SMILES string of the molecule is CCOc1cc(Cl)ccc1-c1ccc(C(=O)O)c(COc2cccc(Cl)c2)n1. The lowest BCUT2D eigenvalue weighted by molar-refractivity contribution is 0.0693. The number of pyridine rings is 1. The monoisotopic (exact) mass is 417 g/mol. The summed E-state index contributed by atoms with van der Waals surface area (Å²) < 4.78 is 11.3. The van der Waals surface area contributed by atoms with E-state index >= 15 is 0 Å². The minimum absolute atomic E-state index is 0.0205. The Morgan fingerprint density at radius 3 is 2.54 bits per heavy atom. The molecule has 3 rings (SSSR count). The lowest BCUT2D eigenvalue weighted by Crippen LogP contribution is -2.09. The molecule has 0 atom stereocenters. The number of ether oxygens (including phenoxy) is 2. The molecule has 0 aliphatic rings. The summed E-state index contributed by atoms with van der Waals surface area (Å²) in [5, 5.41) is 10.6. The van der Waals surface area contributed by atoms with Crippen LogP contribution in [0.5, 0.6) is 11.5 Å². The van der Waals surface area contributed by atoms with E-state index < -0.39 is 5.97 Å². The summed E-state index contributed by atoms with van der Waals surface area (Å²) in [6.07, 6.45) is 0. The molecule has 1 heterocycles. The molecule has 0 spiro atoms. The third-order valence-electron chi connectivity index (χ3n) is 3.90. The van der Waals surface area contributed by atoms with Gasteiger partial charge in [0.1, 0.15) is 18.1 Å². The number of hydrogen-bond donors (Lipinski definition) is 1. The van der Waals surface area contributed by atoms with E-state index in [4.69, 9.17) is 32.7 Å². The number of nitrogens with zero attached hydrogens (tertiary/aromatic N) is 1. The third-order valence-corrected chi connectivity index (χ3v) is 4.37. The Hall–Kier alpha value is -2.76. The standard InChI is InChI=1S/C21H17Cl2NO4/c1-2-27-20-11-14(23)6-7-16(20)18-9-8-17(21(25)26)19(24-18)12-28-15-5-3-4-13(22)10-15/h3-11H,2,12H2,1H3,(H,25,26). The van der Waals surface area contributed by atoms with Crippen LogP contribution in [0.1, 0.15) is 23.0 Å². The van der Waals surface area contributed by atoms with Gasteiger partial charge in [-0.2, -0.15) is 0 Å². The van der Waals surface area contributed by atoms with Gasteiger partial charge in [-0.1, -0.05) is 29.3 Å². The van der Waals surface area contributed by atoms with E-state index in [1.807, 2.05) is 6.92 Å². The van der Waals surface area contributed by atoms with Crippen molar-refractivity contribution in [1.29, 1.82) is 0 Å². The number of hydrogen-bond acceptors (Lipinski definition) is 4. The van der Waals surface area contributed by atoms with Gasteiger partial charge in [0.25, 0.3) is 0 Å². The fourth-order valence-corrected chi connectivity index (χ4v) is 2.99. The van der Waals surface area contributed by atoms with Crippen molar-refractivity contribution in [2.45, 2.75) is 13.5 Å². The lowest BCUT2D eigenvalue weighted by Gasteiger charge is -2.13. The number of carboxylic acid groups (broad SMARTS) is 1. The van der Waals surface area contributed by atoms with Gasteiger partial charge in [0.05, 0.1) is 23.6 Å². The van der Waals surface area contributed by atoms with Gasteiger partial charge in [-0.15, -0.1) is 0 Å². The quantitative estimate of drug-likeness (QED) is 0.531. The highest BCUT2D eigenvalue weighted by Gasteiger charge is 2.16. The Bertz CT molecular complexity index is 1010. The van der Waals surface area contributed by atoms with Crippen molar-refractivity contribution in [3.63, 3.8) is 0 Å². The average molecular weight is 418 g/mol.